The van der Waals surface area contributed by atoms with Crippen LogP contribution in [-0.4, -0.2) is 0 Å². The van der Waals surface area contributed by atoms with Crippen molar-refractivity contribution < 1.29 is 0 Å². The molecule has 0 aliphatic carbocycles. The first-order valence-corrected chi connectivity index (χ1v) is 9.13. The molecule has 2 atom stereocenters. The van der Waals surface area contributed by atoms with Crippen LogP contribution >= 0.6 is 0 Å². The Bertz CT molecular complexity index is 511. The molecule has 0 saturated heterocycles. The molecule has 0 bridgehead atoms. The van der Waals surface area contributed by atoms with Gasteiger partial charge >= 0.3 is 0 Å². The van der Waals surface area contributed by atoms with Gasteiger partial charge in [-0.2, -0.15) is 0 Å². The summed E-state index contributed by atoms with van der Waals surface area (Å²) in [6.45, 7) is 18.3. The summed E-state index contributed by atoms with van der Waals surface area (Å²) in [5.74, 6) is 1.25. The van der Waals surface area contributed by atoms with E-state index in [1.165, 1.54) is 11.1 Å². The number of hydrogen-bond acceptors (Lipinski definition) is 0. The highest BCUT2D eigenvalue weighted by Crippen LogP contribution is 2.34. The molecule has 2 aromatic carbocycles. The SMILES string of the molecule is CC(c1ccccc1)C(C)(C)C.C[C@@H](c1ccccc1)C(C)(C)C. The lowest BCUT2D eigenvalue weighted by molar-refractivity contribution is 0.339. The van der Waals surface area contributed by atoms with E-state index in [4.69, 9.17) is 0 Å². The zero-order valence-electron chi connectivity index (χ0n) is 16.9. The standard InChI is InChI=1S/2C12H18/c2*1-10(12(2,3)4)11-8-6-5-7-9-11/h2*5-10H,1-4H3/t10-;/m0./s1. The van der Waals surface area contributed by atoms with E-state index in [1.54, 1.807) is 0 Å². The molecule has 0 aliphatic rings. The van der Waals surface area contributed by atoms with E-state index in [1.807, 2.05) is 0 Å². The minimum absolute atomic E-state index is 0.362. The normalized spacial score (nSPS) is 14.3. The second-order valence-electron chi connectivity index (χ2n) is 9.00. The average molecular weight is 325 g/mol. The molecule has 0 N–H and O–H groups in total. The van der Waals surface area contributed by atoms with Gasteiger partial charge in [-0.3, -0.25) is 0 Å². The molecule has 2 rings (SSSR count). The van der Waals surface area contributed by atoms with Gasteiger partial charge in [0.25, 0.3) is 0 Å². The molecule has 0 aliphatic heterocycles. The first-order chi connectivity index (χ1) is 11.0. The van der Waals surface area contributed by atoms with Crippen LogP contribution in [0.15, 0.2) is 60.7 Å². The third-order valence-electron chi connectivity index (χ3n) is 5.20. The second-order valence-corrected chi connectivity index (χ2v) is 9.00. The zero-order valence-corrected chi connectivity index (χ0v) is 16.9. The van der Waals surface area contributed by atoms with Crippen LogP contribution in [0.3, 0.4) is 0 Å². The molecule has 0 heteroatoms. The molecule has 0 radical (unpaired) electrons. The summed E-state index contributed by atoms with van der Waals surface area (Å²) in [5.41, 5.74) is 3.60. The van der Waals surface area contributed by atoms with E-state index < -0.39 is 0 Å². The fraction of sp³-hybridized carbons (Fsp3) is 0.500. The maximum absolute atomic E-state index is 2.29. The van der Waals surface area contributed by atoms with Crippen LogP contribution in [-0.2, 0) is 0 Å². The molecule has 0 spiro atoms. The molecule has 0 aromatic heterocycles. The molecule has 0 nitrogen and oxygen atoms in total. The van der Waals surface area contributed by atoms with Gasteiger partial charge in [0, 0.05) is 0 Å². The third-order valence-corrected chi connectivity index (χ3v) is 5.20. The summed E-state index contributed by atoms with van der Waals surface area (Å²) < 4.78 is 0. The number of hydrogen-bond donors (Lipinski definition) is 0. The molecule has 132 valence electrons. The first kappa shape index (κ1) is 20.5. The van der Waals surface area contributed by atoms with Crippen molar-refractivity contribution in [1.82, 2.24) is 0 Å². The highest BCUT2D eigenvalue weighted by molar-refractivity contribution is 5.21. The van der Waals surface area contributed by atoms with E-state index in [2.05, 4.69) is 116 Å². The minimum atomic E-state index is 0.362. The summed E-state index contributed by atoms with van der Waals surface area (Å²) >= 11 is 0. The Morgan fingerprint density at radius 3 is 0.958 bits per heavy atom. The molecule has 1 unspecified atom stereocenters. The van der Waals surface area contributed by atoms with E-state index in [0.29, 0.717) is 22.7 Å². The number of benzene rings is 2. The Hall–Kier alpha value is -1.56. The van der Waals surface area contributed by atoms with Crippen LogP contribution in [0.2, 0.25) is 0 Å². The van der Waals surface area contributed by atoms with Crippen molar-refractivity contribution >= 4 is 0 Å². The zero-order chi connectivity index (χ0) is 18.4. The average Bonchev–Trinajstić information content (AvgIpc) is 2.54. The fourth-order valence-corrected chi connectivity index (χ4v) is 2.48. The summed E-state index contributed by atoms with van der Waals surface area (Å²) in [5, 5.41) is 0. The third kappa shape index (κ3) is 6.51. The molecular formula is C24H36. The maximum Gasteiger partial charge on any atom is -0.0142 e. The molecule has 0 heterocycles. The van der Waals surface area contributed by atoms with Gasteiger partial charge in [-0.25, -0.2) is 0 Å². The lowest BCUT2D eigenvalue weighted by atomic mass is 9.78. The Labute approximate surface area is 150 Å². The van der Waals surface area contributed by atoms with Crippen molar-refractivity contribution in [2.75, 3.05) is 0 Å². The lowest BCUT2D eigenvalue weighted by Gasteiger charge is -2.27. The molecular weight excluding hydrogens is 288 g/mol. The van der Waals surface area contributed by atoms with Crippen LogP contribution in [0.4, 0.5) is 0 Å². The summed E-state index contributed by atoms with van der Waals surface area (Å²) in [6, 6.07) is 21.4. The predicted octanol–water partition coefficient (Wildman–Crippen LogP) is 7.67. The second kappa shape index (κ2) is 8.51. The van der Waals surface area contributed by atoms with Gasteiger partial charge in [-0.15, -0.1) is 0 Å². The molecule has 2 aromatic rings. The Balaban J connectivity index is 0.000000240. The summed E-state index contributed by atoms with van der Waals surface area (Å²) in [6.07, 6.45) is 0. The van der Waals surface area contributed by atoms with Gasteiger partial charge in [0.05, 0.1) is 0 Å². The maximum atomic E-state index is 2.29. The van der Waals surface area contributed by atoms with Crippen LogP contribution < -0.4 is 0 Å². The monoisotopic (exact) mass is 324 g/mol. The van der Waals surface area contributed by atoms with Gasteiger partial charge in [0.1, 0.15) is 0 Å². The van der Waals surface area contributed by atoms with Crippen molar-refractivity contribution in [2.24, 2.45) is 10.8 Å². The number of rotatable bonds is 2. The lowest BCUT2D eigenvalue weighted by Crippen LogP contribution is -2.14. The van der Waals surface area contributed by atoms with Gasteiger partial charge in [0.2, 0.25) is 0 Å². The smallest absolute Gasteiger partial charge is 0.0142 e. The predicted molar refractivity (Wildman–Crippen MR) is 109 cm³/mol. The molecule has 0 saturated carbocycles. The molecule has 0 fully saturated rings. The molecule has 24 heavy (non-hydrogen) atoms. The van der Waals surface area contributed by atoms with E-state index in [9.17, 15) is 0 Å². The van der Waals surface area contributed by atoms with Gasteiger partial charge in [-0.1, -0.05) is 116 Å². The van der Waals surface area contributed by atoms with Gasteiger partial charge < -0.3 is 0 Å². The van der Waals surface area contributed by atoms with E-state index >= 15 is 0 Å². The van der Waals surface area contributed by atoms with Crippen molar-refractivity contribution in [3.8, 4) is 0 Å². The first-order valence-electron chi connectivity index (χ1n) is 9.13. The highest BCUT2D eigenvalue weighted by Gasteiger charge is 2.21. The molecule has 0 amide bonds. The van der Waals surface area contributed by atoms with Crippen molar-refractivity contribution in [3.63, 3.8) is 0 Å². The minimum Gasteiger partial charge on any atom is -0.0622 e. The van der Waals surface area contributed by atoms with Gasteiger partial charge in [-0.05, 0) is 33.8 Å². The fourth-order valence-electron chi connectivity index (χ4n) is 2.48. The van der Waals surface area contributed by atoms with Crippen molar-refractivity contribution in [3.05, 3.63) is 71.8 Å². The van der Waals surface area contributed by atoms with E-state index in [-0.39, 0.29) is 0 Å². The largest absolute Gasteiger partial charge is 0.0622 e. The Morgan fingerprint density at radius 1 is 0.500 bits per heavy atom. The van der Waals surface area contributed by atoms with Crippen molar-refractivity contribution in [2.45, 2.75) is 67.2 Å². The Morgan fingerprint density at radius 2 is 0.750 bits per heavy atom. The van der Waals surface area contributed by atoms with Gasteiger partial charge in [0.15, 0.2) is 0 Å². The van der Waals surface area contributed by atoms with E-state index in [0.717, 1.165) is 0 Å². The Kier molecular flexibility index (Phi) is 7.27. The highest BCUT2D eigenvalue weighted by atomic mass is 14.3. The van der Waals surface area contributed by atoms with Crippen molar-refractivity contribution in [1.29, 1.82) is 0 Å². The van der Waals surface area contributed by atoms with Crippen LogP contribution in [0.25, 0.3) is 0 Å². The van der Waals surface area contributed by atoms with Crippen LogP contribution in [0.1, 0.15) is 78.4 Å². The summed E-state index contributed by atoms with van der Waals surface area (Å²) in [4.78, 5) is 0. The van der Waals surface area contributed by atoms with Crippen LogP contribution in [0.5, 0.6) is 0 Å². The van der Waals surface area contributed by atoms with Crippen LogP contribution in [0, 0.1) is 10.8 Å². The topological polar surface area (TPSA) is 0 Å². The quantitative estimate of drug-likeness (QED) is 0.531. The summed E-state index contributed by atoms with van der Waals surface area (Å²) in [7, 11) is 0.